The Labute approximate surface area is 200 Å². The van der Waals surface area contributed by atoms with E-state index in [0.29, 0.717) is 24.6 Å². The van der Waals surface area contributed by atoms with Crippen LogP contribution in [0.4, 0.5) is 11.5 Å². The SMILES string of the molecule is CC1CCCCN1S(=O)(=O)c1cccc(C(=O)Nc2ccc(N3CCCC(C(N)=O)C3)nc2)c1. The number of hydrogen-bond acceptors (Lipinski definition) is 6. The minimum absolute atomic E-state index is 0.0565. The van der Waals surface area contributed by atoms with Crippen LogP contribution in [0.15, 0.2) is 47.5 Å². The predicted octanol–water partition coefficient (Wildman–Crippen LogP) is 2.60. The molecule has 182 valence electrons. The fraction of sp³-hybridized carbons (Fsp3) is 0.458. The topological polar surface area (TPSA) is 126 Å². The van der Waals surface area contributed by atoms with Gasteiger partial charge in [0.15, 0.2) is 0 Å². The number of rotatable bonds is 6. The van der Waals surface area contributed by atoms with Gasteiger partial charge in [-0.3, -0.25) is 9.59 Å². The number of amides is 2. The van der Waals surface area contributed by atoms with Crippen molar-refractivity contribution in [3.05, 3.63) is 48.2 Å². The van der Waals surface area contributed by atoms with Gasteiger partial charge in [0.2, 0.25) is 15.9 Å². The van der Waals surface area contributed by atoms with E-state index in [9.17, 15) is 18.0 Å². The molecular formula is C24H31N5O4S. The van der Waals surface area contributed by atoms with Crippen molar-refractivity contribution < 1.29 is 18.0 Å². The number of nitrogens with one attached hydrogen (secondary N) is 1. The number of benzene rings is 1. The summed E-state index contributed by atoms with van der Waals surface area (Å²) in [5, 5.41) is 2.78. The van der Waals surface area contributed by atoms with E-state index in [-0.39, 0.29) is 28.3 Å². The number of nitrogens with two attached hydrogens (primary N) is 1. The van der Waals surface area contributed by atoms with Crippen molar-refractivity contribution in [3.8, 4) is 0 Å². The summed E-state index contributed by atoms with van der Waals surface area (Å²) in [5.41, 5.74) is 6.21. The fourth-order valence-electron chi connectivity index (χ4n) is 4.63. The maximum atomic E-state index is 13.1. The first-order chi connectivity index (χ1) is 16.3. The molecule has 34 heavy (non-hydrogen) atoms. The molecule has 2 aliphatic rings. The molecule has 2 saturated heterocycles. The van der Waals surface area contributed by atoms with Crippen molar-refractivity contribution in [3.63, 3.8) is 0 Å². The summed E-state index contributed by atoms with van der Waals surface area (Å²) in [7, 11) is -3.67. The minimum Gasteiger partial charge on any atom is -0.369 e. The molecule has 1 aromatic heterocycles. The van der Waals surface area contributed by atoms with Gasteiger partial charge in [-0.1, -0.05) is 12.5 Å². The standard InChI is InChI=1S/C24H31N5O4S/c1-17-6-2-3-13-29(17)34(32,33)21-9-4-7-18(14-21)24(31)27-20-10-11-22(26-15-20)28-12-5-8-19(16-28)23(25)30/h4,7,9-11,14-15,17,19H,2-3,5-6,8,12-13,16H2,1H3,(H2,25,30)(H,27,31). The van der Waals surface area contributed by atoms with Crippen molar-refractivity contribution in [1.82, 2.24) is 9.29 Å². The highest BCUT2D eigenvalue weighted by Gasteiger charge is 2.31. The second-order valence-electron chi connectivity index (χ2n) is 9.04. The van der Waals surface area contributed by atoms with Gasteiger partial charge in [0.25, 0.3) is 5.91 Å². The first-order valence-corrected chi connectivity index (χ1v) is 13.1. The zero-order valence-corrected chi connectivity index (χ0v) is 20.1. The Balaban J connectivity index is 1.44. The molecule has 0 bridgehead atoms. The molecule has 3 heterocycles. The Kier molecular flexibility index (Phi) is 7.18. The van der Waals surface area contributed by atoms with E-state index in [2.05, 4.69) is 10.3 Å². The van der Waals surface area contributed by atoms with Crippen LogP contribution in [-0.4, -0.2) is 55.2 Å². The molecular weight excluding hydrogens is 454 g/mol. The van der Waals surface area contributed by atoms with Gasteiger partial charge in [-0.05, 0) is 62.9 Å². The first-order valence-electron chi connectivity index (χ1n) is 11.7. The monoisotopic (exact) mass is 485 g/mol. The van der Waals surface area contributed by atoms with Crippen molar-refractivity contribution in [2.24, 2.45) is 11.7 Å². The van der Waals surface area contributed by atoms with Crippen LogP contribution in [0, 0.1) is 5.92 Å². The Hall–Kier alpha value is -2.98. The lowest BCUT2D eigenvalue weighted by Gasteiger charge is -2.32. The molecule has 2 aromatic rings. The van der Waals surface area contributed by atoms with Crippen LogP contribution in [0.3, 0.4) is 0 Å². The number of aromatic nitrogens is 1. The average molecular weight is 486 g/mol. The van der Waals surface area contributed by atoms with E-state index < -0.39 is 15.9 Å². The lowest BCUT2D eigenvalue weighted by Crippen LogP contribution is -2.41. The Morgan fingerprint density at radius 3 is 2.62 bits per heavy atom. The number of carbonyl (C=O) groups is 2. The maximum absolute atomic E-state index is 13.1. The second-order valence-corrected chi connectivity index (χ2v) is 10.9. The number of pyridine rings is 1. The van der Waals surface area contributed by atoms with Crippen molar-refractivity contribution in [2.45, 2.75) is 50.0 Å². The third-order valence-electron chi connectivity index (χ3n) is 6.60. The van der Waals surface area contributed by atoms with E-state index in [4.69, 9.17) is 5.73 Å². The molecule has 4 rings (SSSR count). The summed E-state index contributed by atoms with van der Waals surface area (Å²) >= 11 is 0. The second kappa shape index (κ2) is 10.1. The zero-order valence-electron chi connectivity index (χ0n) is 19.3. The molecule has 10 heteroatoms. The number of hydrogen-bond donors (Lipinski definition) is 2. The van der Waals surface area contributed by atoms with Crippen LogP contribution in [0.2, 0.25) is 0 Å². The van der Waals surface area contributed by atoms with Gasteiger partial charge in [-0.2, -0.15) is 4.31 Å². The largest absolute Gasteiger partial charge is 0.369 e. The van der Waals surface area contributed by atoms with Crippen LogP contribution in [0.25, 0.3) is 0 Å². The van der Waals surface area contributed by atoms with E-state index >= 15 is 0 Å². The van der Waals surface area contributed by atoms with Gasteiger partial charge in [0.1, 0.15) is 5.82 Å². The van der Waals surface area contributed by atoms with Gasteiger partial charge in [-0.25, -0.2) is 13.4 Å². The van der Waals surface area contributed by atoms with Crippen LogP contribution < -0.4 is 16.0 Å². The molecule has 0 spiro atoms. The summed E-state index contributed by atoms with van der Waals surface area (Å²) in [4.78, 5) is 30.9. The third-order valence-corrected chi connectivity index (χ3v) is 8.61. The van der Waals surface area contributed by atoms with E-state index in [1.54, 1.807) is 30.5 Å². The Morgan fingerprint density at radius 1 is 1.09 bits per heavy atom. The highest BCUT2D eigenvalue weighted by Crippen LogP contribution is 2.26. The van der Waals surface area contributed by atoms with E-state index in [1.165, 1.54) is 16.4 Å². The third kappa shape index (κ3) is 5.23. The summed E-state index contributed by atoms with van der Waals surface area (Å²) < 4.78 is 27.8. The smallest absolute Gasteiger partial charge is 0.255 e. The molecule has 0 saturated carbocycles. The molecule has 2 amide bonds. The molecule has 2 fully saturated rings. The van der Waals surface area contributed by atoms with Crippen molar-refractivity contribution in [1.29, 1.82) is 0 Å². The van der Waals surface area contributed by atoms with E-state index in [1.807, 2.05) is 11.8 Å². The molecule has 1 aromatic carbocycles. The van der Waals surface area contributed by atoms with Crippen LogP contribution in [0.5, 0.6) is 0 Å². The van der Waals surface area contributed by atoms with Crippen LogP contribution in [0.1, 0.15) is 49.4 Å². The first kappa shape index (κ1) is 24.2. The molecule has 2 unspecified atom stereocenters. The van der Waals surface area contributed by atoms with Crippen molar-refractivity contribution in [2.75, 3.05) is 29.9 Å². The molecule has 2 aliphatic heterocycles. The summed E-state index contributed by atoms with van der Waals surface area (Å²) in [6.45, 7) is 3.74. The number of piperidine rings is 2. The maximum Gasteiger partial charge on any atom is 0.255 e. The molecule has 2 atom stereocenters. The Bertz CT molecular complexity index is 1150. The highest BCUT2D eigenvalue weighted by molar-refractivity contribution is 7.89. The number of sulfonamides is 1. The van der Waals surface area contributed by atoms with Gasteiger partial charge >= 0.3 is 0 Å². The highest BCUT2D eigenvalue weighted by atomic mass is 32.2. The summed E-state index contributed by atoms with van der Waals surface area (Å²) in [6, 6.07) is 9.60. The summed E-state index contributed by atoms with van der Waals surface area (Å²) in [6.07, 6.45) is 5.90. The van der Waals surface area contributed by atoms with Gasteiger partial charge in [0, 0.05) is 31.2 Å². The quantitative estimate of drug-likeness (QED) is 0.648. The minimum atomic E-state index is -3.67. The average Bonchev–Trinajstić information content (AvgIpc) is 2.85. The lowest BCUT2D eigenvalue weighted by molar-refractivity contribution is -0.122. The normalized spacial score (nSPS) is 21.7. The number of anilines is 2. The Morgan fingerprint density at radius 2 is 1.91 bits per heavy atom. The van der Waals surface area contributed by atoms with Crippen LogP contribution in [-0.2, 0) is 14.8 Å². The molecule has 0 aliphatic carbocycles. The fourth-order valence-corrected chi connectivity index (χ4v) is 6.38. The van der Waals surface area contributed by atoms with Crippen molar-refractivity contribution >= 4 is 33.3 Å². The predicted molar refractivity (Wildman–Crippen MR) is 130 cm³/mol. The van der Waals surface area contributed by atoms with E-state index in [0.717, 1.165) is 38.6 Å². The van der Waals surface area contributed by atoms with Gasteiger partial charge in [-0.15, -0.1) is 0 Å². The summed E-state index contributed by atoms with van der Waals surface area (Å²) in [5.74, 6) is -0.184. The number of carbonyl (C=O) groups excluding carboxylic acids is 2. The molecule has 9 nitrogen and oxygen atoms in total. The van der Waals surface area contributed by atoms with Gasteiger partial charge < -0.3 is 16.0 Å². The molecule has 0 radical (unpaired) electrons. The number of nitrogens with zero attached hydrogens (tertiary/aromatic N) is 3. The van der Waals surface area contributed by atoms with Gasteiger partial charge in [0.05, 0.1) is 22.7 Å². The lowest BCUT2D eigenvalue weighted by atomic mass is 9.97. The number of primary amides is 1. The van der Waals surface area contributed by atoms with Crippen LogP contribution >= 0.6 is 0 Å². The molecule has 3 N–H and O–H groups in total. The zero-order chi connectivity index (χ0) is 24.3.